The van der Waals surface area contributed by atoms with Gasteiger partial charge in [0.05, 0.1) is 14.7 Å². The summed E-state index contributed by atoms with van der Waals surface area (Å²) in [6.45, 7) is 3.72. The van der Waals surface area contributed by atoms with E-state index in [0.717, 1.165) is 19.5 Å². The van der Waals surface area contributed by atoms with Crippen molar-refractivity contribution in [2.45, 2.75) is 73.4 Å². The molecule has 0 amide bonds. The standard InChI is InChI=1S/C26H33Br2N.C2H3N/c1-29(20-14-21-9-3-2-4-10-21)19-6-11-22-23(25(27)15-7-16-25)12-5-13-24(22)26(28)17-8-18-26;1-2-3/h2-5,9-10,12-13H,6-8,11,14-20H2,1H3;1H3. The Kier molecular flexibility index (Phi) is 9.41. The van der Waals surface area contributed by atoms with Crippen molar-refractivity contribution in [1.29, 1.82) is 5.26 Å². The maximum absolute atomic E-state index is 7.32. The summed E-state index contributed by atoms with van der Waals surface area (Å²) in [4.78, 5) is 2.50. The molecule has 2 saturated carbocycles. The molecule has 4 rings (SSSR count). The molecule has 2 fully saturated rings. The normalized spacial score (nSPS) is 18.0. The molecule has 0 aliphatic heterocycles. The molecule has 0 bridgehead atoms. The molecule has 0 aromatic heterocycles. The van der Waals surface area contributed by atoms with E-state index in [2.05, 4.69) is 92.3 Å². The van der Waals surface area contributed by atoms with E-state index in [9.17, 15) is 0 Å². The fraction of sp³-hybridized carbons (Fsp3) is 0.536. The Labute approximate surface area is 211 Å². The molecule has 4 heteroatoms. The summed E-state index contributed by atoms with van der Waals surface area (Å²) < 4.78 is 0.454. The highest BCUT2D eigenvalue weighted by Crippen LogP contribution is 2.55. The van der Waals surface area contributed by atoms with Crippen molar-refractivity contribution in [2.24, 2.45) is 0 Å². The van der Waals surface area contributed by atoms with Crippen molar-refractivity contribution in [3.8, 4) is 6.07 Å². The molecule has 2 aromatic carbocycles. The predicted octanol–water partition coefficient (Wildman–Crippen LogP) is 7.87. The average molecular weight is 560 g/mol. The Balaban J connectivity index is 0.000000913. The summed E-state index contributed by atoms with van der Waals surface area (Å²) in [6, 6.07) is 19.7. The molecule has 0 atom stereocenters. The second-order valence-corrected chi connectivity index (χ2v) is 12.4. The van der Waals surface area contributed by atoms with Crippen LogP contribution >= 0.6 is 31.9 Å². The number of benzene rings is 2. The fourth-order valence-electron chi connectivity index (χ4n) is 4.81. The van der Waals surface area contributed by atoms with E-state index >= 15 is 0 Å². The van der Waals surface area contributed by atoms with Gasteiger partial charge in [-0.25, -0.2) is 0 Å². The monoisotopic (exact) mass is 558 g/mol. The molecular weight excluding hydrogens is 524 g/mol. The first-order chi connectivity index (χ1) is 15.4. The van der Waals surface area contributed by atoms with Gasteiger partial charge in [-0.2, -0.15) is 5.26 Å². The fourth-order valence-corrected chi connectivity index (χ4v) is 6.68. The first-order valence-electron chi connectivity index (χ1n) is 12.0. The van der Waals surface area contributed by atoms with Crippen LogP contribution in [0.4, 0.5) is 0 Å². The van der Waals surface area contributed by atoms with Gasteiger partial charge in [0.15, 0.2) is 0 Å². The zero-order valence-corrected chi connectivity index (χ0v) is 22.7. The van der Waals surface area contributed by atoms with Gasteiger partial charge in [0.1, 0.15) is 0 Å². The first kappa shape index (κ1) is 25.5. The predicted molar refractivity (Wildman–Crippen MR) is 143 cm³/mol. The van der Waals surface area contributed by atoms with Gasteiger partial charge < -0.3 is 4.90 Å². The minimum Gasteiger partial charge on any atom is -0.306 e. The van der Waals surface area contributed by atoms with Crippen LogP contribution < -0.4 is 0 Å². The lowest BCUT2D eigenvalue weighted by Gasteiger charge is -2.43. The Hall–Kier alpha value is -1.15. The Morgan fingerprint density at radius 3 is 1.84 bits per heavy atom. The summed E-state index contributed by atoms with van der Waals surface area (Å²) in [6.07, 6.45) is 11.3. The van der Waals surface area contributed by atoms with Crippen molar-refractivity contribution in [3.63, 3.8) is 0 Å². The van der Waals surface area contributed by atoms with Crippen LogP contribution in [0, 0.1) is 11.3 Å². The third kappa shape index (κ3) is 6.25. The number of rotatable bonds is 9. The molecular formula is C28H36Br2N2. The van der Waals surface area contributed by atoms with E-state index in [1.165, 1.54) is 63.9 Å². The number of hydrogen-bond donors (Lipinski definition) is 0. The maximum atomic E-state index is 7.32. The van der Waals surface area contributed by atoms with Crippen LogP contribution in [0.3, 0.4) is 0 Å². The molecule has 2 aliphatic carbocycles. The van der Waals surface area contributed by atoms with Crippen LogP contribution in [0.25, 0.3) is 0 Å². The quantitative estimate of drug-likeness (QED) is 0.292. The summed E-state index contributed by atoms with van der Waals surface area (Å²) >= 11 is 8.23. The van der Waals surface area contributed by atoms with E-state index in [1.54, 1.807) is 22.8 Å². The lowest BCUT2D eigenvalue weighted by molar-refractivity contribution is 0.330. The minimum absolute atomic E-state index is 0.227. The van der Waals surface area contributed by atoms with E-state index in [4.69, 9.17) is 5.26 Å². The second-order valence-electron chi connectivity index (χ2n) is 9.34. The molecule has 0 heterocycles. The van der Waals surface area contributed by atoms with E-state index in [0.29, 0.717) is 0 Å². The van der Waals surface area contributed by atoms with Crippen LogP contribution in [-0.2, 0) is 21.5 Å². The Morgan fingerprint density at radius 2 is 1.38 bits per heavy atom. The molecule has 0 N–H and O–H groups in total. The van der Waals surface area contributed by atoms with Gasteiger partial charge in [-0.05, 0) is 93.6 Å². The largest absolute Gasteiger partial charge is 0.306 e. The third-order valence-corrected chi connectivity index (χ3v) is 9.47. The number of hydrogen-bond acceptors (Lipinski definition) is 2. The summed E-state index contributed by atoms with van der Waals surface area (Å²) in [5.74, 6) is 0. The van der Waals surface area contributed by atoms with Crippen LogP contribution in [0.5, 0.6) is 0 Å². The van der Waals surface area contributed by atoms with Crippen molar-refractivity contribution in [1.82, 2.24) is 4.90 Å². The van der Waals surface area contributed by atoms with Crippen LogP contribution in [0.1, 0.15) is 74.1 Å². The highest BCUT2D eigenvalue weighted by atomic mass is 79.9. The van der Waals surface area contributed by atoms with Gasteiger partial charge in [-0.15, -0.1) is 0 Å². The molecule has 2 aromatic rings. The lowest BCUT2D eigenvalue weighted by atomic mass is 9.72. The van der Waals surface area contributed by atoms with E-state index < -0.39 is 0 Å². The molecule has 32 heavy (non-hydrogen) atoms. The molecule has 0 saturated heterocycles. The van der Waals surface area contributed by atoms with Crippen molar-refractivity contribution in [3.05, 3.63) is 70.8 Å². The highest BCUT2D eigenvalue weighted by Gasteiger charge is 2.42. The number of likely N-dealkylation sites (N-methyl/N-ethyl adjacent to an activating group) is 1. The zero-order chi connectivity index (χ0) is 23.0. The second kappa shape index (κ2) is 11.8. The zero-order valence-electron chi connectivity index (χ0n) is 19.5. The number of nitriles is 1. The van der Waals surface area contributed by atoms with Gasteiger partial charge in [-0.1, -0.05) is 80.4 Å². The molecule has 172 valence electrons. The van der Waals surface area contributed by atoms with Crippen LogP contribution in [0.15, 0.2) is 48.5 Å². The average Bonchev–Trinajstić information content (AvgIpc) is 2.76. The van der Waals surface area contributed by atoms with Crippen molar-refractivity contribution >= 4 is 31.9 Å². The number of nitrogens with zero attached hydrogens (tertiary/aromatic N) is 2. The summed E-state index contributed by atoms with van der Waals surface area (Å²) in [5.41, 5.74) is 6.19. The van der Waals surface area contributed by atoms with Crippen LogP contribution in [0.2, 0.25) is 0 Å². The summed E-state index contributed by atoms with van der Waals surface area (Å²) in [7, 11) is 2.27. The molecule has 0 spiro atoms. The molecule has 0 unspecified atom stereocenters. The van der Waals surface area contributed by atoms with E-state index in [1.807, 2.05) is 0 Å². The van der Waals surface area contributed by atoms with Crippen molar-refractivity contribution in [2.75, 3.05) is 20.1 Å². The molecule has 0 radical (unpaired) electrons. The molecule has 2 nitrogen and oxygen atoms in total. The Bertz CT molecular complexity index is 857. The van der Waals surface area contributed by atoms with Gasteiger partial charge >= 0.3 is 0 Å². The first-order valence-corrected chi connectivity index (χ1v) is 13.5. The Morgan fingerprint density at radius 1 is 0.844 bits per heavy atom. The minimum atomic E-state index is 0.227. The SMILES string of the molecule is CC#N.CN(CCCc1c(C2(Br)CCC2)cccc1C1(Br)CCC1)CCc1ccccc1. The molecule has 2 aliphatic rings. The van der Waals surface area contributed by atoms with Gasteiger partial charge in [0.2, 0.25) is 0 Å². The van der Waals surface area contributed by atoms with Gasteiger partial charge in [0.25, 0.3) is 0 Å². The summed E-state index contributed by atoms with van der Waals surface area (Å²) in [5, 5.41) is 7.32. The smallest absolute Gasteiger partial charge is 0.0587 e. The van der Waals surface area contributed by atoms with E-state index in [-0.39, 0.29) is 8.65 Å². The van der Waals surface area contributed by atoms with Crippen LogP contribution in [-0.4, -0.2) is 25.0 Å². The number of alkyl halides is 2. The lowest BCUT2D eigenvalue weighted by Crippen LogP contribution is -2.33. The van der Waals surface area contributed by atoms with Gasteiger partial charge in [-0.3, -0.25) is 0 Å². The topological polar surface area (TPSA) is 27.0 Å². The number of halogens is 2. The maximum Gasteiger partial charge on any atom is 0.0587 e. The highest BCUT2D eigenvalue weighted by molar-refractivity contribution is 9.10. The van der Waals surface area contributed by atoms with Gasteiger partial charge in [0, 0.05) is 13.5 Å². The third-order valence-electron chi connectivity index (χ3n) is 7.03. The van der Waals surface area contributed by atoms with Crippen molar-refractivity contribution < 1.29 is 0 Å².